The van der Waals surface area contributed by atoms with E-state index in [0.29, 0.717) is 6.42 Å². The Kier molecular flexibility index (Phi) is 5.70. The summed E-state index contributed by atoms with van der Waals surface area (Å²) in [5.74, 6) is 0. The number of nitrogens with zero attached hydrogens (tertiary/aromatic N) is 3. The van der Waals surface area contributed by atoms with Crippen LogP contribution in [0, 0.1) is 10.1 Å². The minimum absolute atomic E-state index is 0.261. The fourth-order valence-electron chi connectivity index (χ4n) is 2.81. The van der Waals surface area contributed by atoms with Crippen LogP contribution in [0.3, 0.4) is 0 Å². The highest BCUT2D eigenvalue weighted by atomic mass is 16.6. The average molecular weight is 291 g/mol. The molecule has 0 amide bonds. The molecule has 5 nitrogen and oxygen atoms in total. The lowest BCUT2D eigenvalue weighted by Gasteiger charge is -2.32. The molecule has 1 saturated heterocycles. The van der Waals surface area contributed by atoms with E-state index >= 15 is 0 Å². The van der Waals surface area contributed by atoms with Gasteiger partial charge in [-0.1, -0.05) is 19.1 Å². The van der Waals surface area contributed by atoms with Crippen LogP contribution in [0.15, 0.2) is 18.2 Å². The van der Waals surface area contributed by atoms with Crippen LogP contribution in [0.4, 0.5) is 5.69 Å². The van der Waals surface area contributed by atoms with Crippen molar-refractivity contribution in [2.24, 2.45) is 0 Å². The first-order valence-corrected chi connectivity index (χ1v) is 7.77. The van der Waals surface area contributed by atoms with Crippen LogP contribution in [0.5, 0.6) is 0 Å². The van der Waals surface area contributed by atoms with Gasteiger partial charge in [0.25, 0.3) is 5.69 Å². The van der Waals surface area contributed by atoms with Crippen molar-refractivity contribution in [3.05, 3.63) is 39.4 Å². The van der Waals surface area contributed by atoms with E-state index < -0.39 is 0 Å². The zero-order valence-corrected chi connectivity index (χ0v) is 13.0. The van der Waals surface area contributed by atoms with Crippen molar-refractivity contribution in [2.75, 3.05) is 39.8 Å². The van der Waals surface area contributed by atoms with Gasteiger partial charge in [0.05, 0.1) is 4.92 Å². The van der Waals surface area contributed by atoms with Gasteiger partial charge in [-0.2, -0.15) is 0 Å². The van der Waals surface area contributed by atoms with Crippen molar-refractivity contribution in [1.29, 1.82) is 0 Å². The molecule has 0 radical (unpaired) electrons. The van der Waals surface area contributed by atoms with Crippen molar-refractivity contribution in [3.8, 4) is 0 Å². The predicted molar refractivity (Wildman–Crippen MR) is 84.7 cm³/mol. The maximum Gasteiger partial charge on any atom is 0.272 e. The molecule has 0 aliphatic carbocycles. The third-order valence-electron chi connectivity index (χ3n) is 4.26. The van der Waals surface area contributed by atoms with Crippen molar-refractivity contribution in [3.63, 3.8) is 0 Å². The summed E-state index contributed by atoms with van der Waals surface area (Å²) in [6.45, 7) is 7.57. The number of hydrogen-bond donors (Lipinski definition) is 0. The molecule has 116 valence electrons. The second-order valence-electron chi connectivity index (χ2n) is 5.82. The molecular formula is C16H25N3O2. The number of nitro benzene ring substituents is 1. The molecular weight excluding hydrogens is 266 g/mol. The first kappa shape index (κ1) is 15.9. The fraction of sp³-hybridized carbons (Fsp3) is 0.625. The number of rotatable bonds is 6. The Morgan fingerprint density at radius 2 is 1.95 bits per heavy atom. The molecule has 0 bridgehead atoms. The number of hydrogen-bond acceptors (Lipinski definition) is 4. The lowest BCUT2D eigenvalue weighted by Crippen LogP contribution is -2.44. The summed E-state index contributed by atoms with van der Waals surface area (Å²) in [5, 5.41) is 11.1. The molecule has 0 saturated carbocycles. The van der Waals surface area contributed by atoms with E-state index in [1.54, 1.807) is 6.07 Å². The summed E-state index contributed by atoms with van der Waals surface area (Å²) in [6.07, 6.45) is 2.68. The number of piperazine rings is 1. The predicted octanol–water partition coefficient (Wildman–Crippen LogP) is 2.34. The van der Waals surface area contributed by atoms with E-state index in [4.69, 9.17) is 0 Å². The quantitative estimate of drug-likeness (QED) is 0.596. The topological polar surface area (TPSA) is 49.6 Å². The minimum Gasteiger partial charge on any atom is -0.304 e. The van der Waals surface area contributed by atoms with Gasteiger partial charge >= 0.3 is 0 Å². The first-order valence-electron chi connectivity index (χ1n) is 7.77. The Labute approximate surface area is 126 Å². The van der Waals surface area contributed by atoms with Gasteiger partial charge in [-0.05, 0) is 38.4 Å². The second-order valence-corrected chi connectivity index (χ2v) is 5.82. The van der Waals surface area contributed by atoms with Crippen LogP contribution in [-0.4, -0.2) is 54.5 Å². The van der Waals surface area contributed by atoms with Crippen LogP contribution < -0.4 is 0 Å². The lowest BCUT2D eigenvalue weighted by molar-refractivity contribution is -0.385. The average Bonchev–Trinajstić information content (AvgIpc) is 2.49. The highest BCUT2D eigenvalue weighted by Crippen LogP contribution is 2.21. The third-order valence-corrected chi connectivity index (χ3v) is 4.26. The van der Waals surface area contributed by atoms with Gasteiger partial charge in [0.1, 0.15) is 0 Å². The van der Waals surface area contributed by atoms with Gasteiger partial charge in [-0.25, -0.2) is 0 Å². The third kappa shape index (κ3) is 4.51. The SMILES string of the molecule is CCc1ccc(CCCN2CCN(C)CC2)cc1[N+](=O)[O-]. The van der Waals surface area contributed by atoms with Crippen LogP contribution >= 0.6 is 0 Å². The van der Waals surface area contributed by atoms with Crippen molar-refractivity contribution >= 4 is 5.69 Å². The molecule has 0 atom stereocenters. The Balaban J connectivity index is 1.86. The van der Waals surface area contributed by atoms with Gasteiger partial charge in [-0.3, -0.25) is 10.1 Å². The molecule has 1 fully saturated rings. The maximum absolute atomic E-state index is 11.1. The van der Waals surface area contributed by atoms with Crippen LogP contribution in [0.2, 0.25) is 0 Å². The summed E-state index contributed by atoms with van der Waals surface area (Å²) >= 11 is 0. The monoisotopic (exact) mass is 291 g/mol. The molecule has 2 rings (SSSR count). The second kappa shape index (κ2) is 7.52. The Bertz CT molecular complexity index is 482. The molecule has 0 aromatic heterocycles. The van der Waals surface area contributed by atoms with Gasteiger partial charge in [-0.15, -0.1) is 0 Å². The molecule has 1 aliphatic rings. The van der Waals surface area contributed by atoms with E-state index in [9.17, 15) is 10.1 Å². The molecule has 1 aliphatic heterocycles. The zero-order valence-electron chi connectivity index (χ0n) is 13.0. The smallest absolute Gasteiger partial charge is 0.272 e. The summed E-state index contributed by atoms with van der Waals surface area (Å²) in [5.41, 5.74) is 2.17. The van der Waals surface area contributed by atoms with Crippen molar-refractivity contribution in [2.45, 2.75) is 26.2 Å². The normalized spacial score (nSPS) is 17.0. The molecule has 1 aromatic rings. The largest absolute Gasteiger partial charge is 0.304 e. The van der Waals surface area contributed by atoms with Gasteiger partial charge < -0.3 is 9.80 Å². The Hall–Kier alpha value is -1.46. The van der Waals surface area contributed by atoms with Gasteiger partial charge in [0, 0.05) is 37.8 Å². The van der Waals surface area contributed by atoms with E-state index in [0.717, 1.165) is 56.7 Å². The van der Waals surface area contributed by atoms with E-state index in [1.165, 1.54) is 0 Å². The van der Waals surface area contributed by atoms with E-state index in [2.05, 4.69) is 16.8 Å². The summed E-state index contributed by atoms with van der Waals surface area (Å²) in [7, 11) is 2.16. The summed E-state index contributed by atoms with van der Waals surface area (Å²) in [6, 6.07) is 5.70. The molecule has 1 aromatic carbocycles. The van der Waals surface area contributed by atoms with Crippen LogP contribution in [0.1, 0.15) is 24.5 Å². The molecule has 0 N–H and O–H groups in total. The van der Waals surface area contributed by atoms with Crippen molar-refractivity contribution < 1.29 is 4.92 Å². The summed E-state index contributed by atoms with van der Waals surface area (Å²) < 4.78 is 0. The highest BCUT2D eigenvalue weighted by Gasteiger charge is 2.15. The highest BCUT2D eigenvalue weighted by molar-refractivity contribution is 5.43. The van der Waals surface area contributed by atoms with Crippen molar-refractivity contribution in [1.82, 2.24) is 9.80 Å². The molecule has 0 spiro atoms. The van der Waals surface area contributed by atoms with E-state index in [1.807, 2.05) is 19.1 Å². The first-order chi connectivity index (χ1) is 10.1. The summed E-state index contributed by atoms with van der Waals surface area (Å²) in [4.78, 5) is 15.6. The lowest BCUT2D eigenvalue weighted by atomic mass is 10.0. The molecule has 5 heteroatoms. The van der Waals surface area contributed by atoms with E-state index in [-0.39, 0.29) is 10.6 Å². The van der Waals surface area contributed by atoms with Crippen LogP contribution in [0.25, 0.3) is 0 Å². The fourth-order valence-corrected chi connectivity index (χ4v) is 2.81. The molecule has 0 unspecified atom stereocenters. The molecule has 21 heavy (non-hydrogen) atoms. The number of aryl methyl sites for hydroxylation is 2. The standard InChI is InChI=1S/C16H25N3O2/c1-3-15-7-6-14(13-16(15)19(20)21)5-4-8-18-11-9-17(2)10-12-18/h6-7,13H,3-5,8-12H2,1-2H3. The minimum atomic E-state index is -0.261. The number of benzene rings is 1. The Morgan fingerprint density at radius 3 is 2.57 bits per heavy atom. The van der Waals surface area contributed by atoms with Gasteiger partial charge in [0.2, 0.25) is 0 Å². The Morgan fingerprint density at radius 1 is 1.24 bits per heavy atom. The maximum atomic E-state index is 11.1. The number of likely N-dealkylation sites (N-methyl/N-ethyl adjacent to an activating group) is 1. The van der Waals surface area contributed by atoms with Gasteiger partial charge in [0.15, 0.2) is 0 Å². The number of nitro groups is 1. The zero-order chi connectivity index (χ0) is 15.2. The molecule has 1 heterocycles. The van der Waals surface area contributed by atoms with Crippen LogP contribution in [-0.2, 0) is 12.8 Å².